The van der Waals surface area contributed by atoms with E-state index in [0.29, 0.717) is 23.3 Å². The quantitative estimate of drug-likeness (QED) is 0.746. The first-order valence-electron chi connectivity index (χ1n) is 8.07. The molecular formula is C19H21NO5. The molecule has 2 aromatic carbocycles. The summed E-state index contributed by atoms with van der Waals surface area (Å²) < 4.78 is 6.01. The number of likely N-dealkylation sites (N-methyl/N-ethyl adjacent to an activating group) is 1. The topological polar surface area (TPSA) is 90.2 Å². The van der Waals surface area contributed by atoms with E-state index in [1.807, 2.05) is 6.92 Å². The minimum absolute atomic E-state index is 0.00847. The number of fused-ring (bicyclic) bond motifs is 1. The van der Waals surface area contributed by atoms with Crippen molar-refractivity contribution < 1.29 is 24.9 Å². The van der Waals surface area contributed by atoms with Gasteiger partial charge in [-0.1, -0.05) is 6.92 Å². The summed E-state index contributed by atoms with van der Waals surface area (Å²) in [6, 6.07) is 8.93. The summed E-state index contributed by atoms with van der Waals surface area (Å²) >= 11 is 0. The fourth-order valence-corrected chi connectivity index (χ4v) is 3.46. The number of phenolic OH excluding ortho intramolecular Hbond substituents is 3. The van der Waals surface area contributed by atoms with Crippen LogP contribution in [0.2, 0.25) is 0 Å². The molecule has 0 saturated carbocycles. The molecule has 0 aliphatic carbocycles. The molecule has 1 aliphatic rings. The van der Waals surface area contributed by atoms with Crippen LogP contribution in [-0.2, 0) is 10.2 Å². The molecule has 132 valence electrons. The number of ether oxygens (including phenoxy) is 1. The van der Waals surface area contributed by atoms with Gasteiger partial charge in [0, 0.05) is 24.6 Å². The lowest BCUT2D eigenvalue weighted by atomic mass is 9.74. The molecule has 0 aromatic heterocycles. The molecule has 0 spiro atoms. The fraction of sp³-hybridized carbons (Fsp3) is 0.316. The molecule has 0 unspecified atom stereocenters. The van der Waals surface area contributed by atoms with Crippen molar-refractivity contribution in [3.05, 3.63) is 47.5 Å². The zero-order valence-corrected chi connectivity index (χ0v) is 14.4. The molecule has 1 aliphatic heterocycles. The Morgan fingerprint density at radius 1 is 1.12 bits per heavy atom. The number of aromatic hydroxyl groups is 3. The van der Waals surface area contributed by atoms with Crippen molar-refractivity contribution in [2.24, 2.45) is 0 Å². The van der Waals surface area contributed by atoms with E-state index >= 15 is 0 Å². The molecule has 6 nitrogen and oxygen atoms in total. The van der Waals surface area contributed by atoms with Gasteiger partial charge in [0.15, 0.2) is 6.23 Å². The molecule has 6 heteroatoms. The molecule has 3 rings (SSSR count). The standard InChI is InChI=1S/C19H21NO5/c1-4-17(24)20(3)18-19(2,13-9-11(21)5-7-15(13)23)14-10-12(22)6-8-16(14)25-18/h5-10,18,21-23H,4H2,1-3H3/t18-,19-/m0/s1. The maximum absolute atomic E-state index is 12.3. The predicted molar refractivity (Wildman–Crippen MR) is 91.8 cm³/mol. The number of rotatable bonds is 3. The van der Waals surface area contributed by atoms with Crippen LogP contribution in [0, 0.1) is 0 Å². The summed E-state index contributed by atoms with van der Waals surface area (Å²) in [7, 11) is 1.64. The van der Waals surface area contributed by atoms with Gasteiger partial charge in [-0.3, -0.25) is 4.79 Å². The number of phenols is 3. The van der Waals surface area contributed by atoms with Gasteiger partial charge in [-0.25, -0.2) is 0 Å². The summed E-state index contributed by atoms with van der Waals surface area (Å²) in [5.74, 6) is 0.420. The number of benzene rings is 2. The van der Waals surface area contributed by atoms with Crippen molar-refractivity contribution in [2.45, 2.75) is 31.9 Å². The minimum Gasteiger partial charge on any atom is -0.508 e. The Bertz CT molecular complexity index is 835. The summed E-state index contributed by atoms with van der Waals surface area (Å²) in [6.45, 7) is 3.58. The predicted octanol–water partition coefficient (Wildman–Crippen LogP) is 2.70. The lowest BCUT2D eigenvalue weighted by Gasteiger charge is -2.37. The third kappa shape index (κ3) is 2.54. The highest BCUT2D eigenvalue weighted by Gasteiger charge is 2.51. The van der Waals surface area contributed by atoms with E-state index in [2.05, 4.69) is 0 Å². The first-order chi connectivity index (χ1) is 11.8. The Morgan fingerprint density at radius 2 is 1.72 bits per heavy atom. The van der Waals surface area contributed by atoms with E-state index < -0.39 is 11.6 Å². The summed E-state index contributed by atoms with van der Waals surface area (Å²) in [6.07, 6.45) is -0.426. The fourth-order valence-electron chi connectivity index (χ4n) is 3.46. The summed E-state index contributed by atoms with van der Waals surface area (Å²) in [4.78, 5) is 13.8. The van der Waals surface area contributed by atoms with Crippen LogP contribution in [0.3, 0.4) is 0 Å². The van der Waals surface area contributed by atoms with Gasteiger partial charge in [0.25, 0.3) is 0 Å². The molecule has 1 heterocycles. The summed E-state index contributed by atoms with van der Waals surface area (Å²) in [5, 5.41) is 30.3. The third-order valence-corrected chi connectivity index (χ3v) is 4.84. The van der Waals surface area contributed by atoms with Crippen LogP contribution in [0.15, 0.2) is 36.4 Å². The number of carbonyl (C=O) groups excluding carboxylic acids is 1. The Hall–Kier alpha value is -2.89. The lowest BCUT2D eigenvalue weighted by Crippen LogP contribution is -2.50. The van der Waals surface area contributed by atoms with Gasteiger partial charge in [0.2, 0.25) is 5.91 Å². The number of nitrogens with zero attached hydrogens (tertiary/aromatic N) is 1. The molecule has 25 heavy (non-hydrogen) atoms. The van der Waals surface area contributed by atoms with Gasteiger partial charge < -0.3 is 25.0 Å². The van der Waals surface area contributed by atoms with Crippen molar-refractivity contribution in [2.75, 3.05) is 7.05 Å². The Labute approximate surface area is 145 Å². The molecule has 2 aromatic rings. The molecular weight excluding hydrogens is 322 g/mol. The van der Waals surface area contributed by atoms with E-state index in [1.165, 1.54) is 29.2 Å². The van der Waals surface area contributed by atoms with Crippen LogP contribution >= 0.6 is 0 Å². The Balaban J connectivity index is 2.25. The van der Waals surface area contributed by atoms with E-state index in [1.54, 1.807) is 26.1 Å². The van der Waals surface area contributed by atoms with E-state index in [0.717, 1.165) is 0 Å². The molecule has 0 bridgehead atoms. The van der Waals surface area contributed by atoms with Crippen LogP contribution in [0.4, 0.5) is 0 Å². The number of carbonyl (C=O) groups is 1. The van der Waals surface area contributed by atoms with Crippen LogP contribution in [0.1, 0.15) is 31.4 Å². The van der Waals surface area contributed by atoms with Gasteiger partial charge in [0.05, 0.1) is 5.41 Å². The largest absolute Gasteiger partial charge is 0.508 e. The second-order valence-electron chi connectivity index (χ2n) is 6.41. The Kier molecular flexibility index (Phi) is 3.99. The van der Waals surface area contributed by atoms with Gasteiger partial charge >= 0.3 is 0 Å². The number of hydrogen-bond acceptors (Lipinski definition) is 5. The lowest BCUT2D eigenvalue weighted by molar-refractivity contribution is -0.138. The normalized spacial score (nSPS) is 21.5. The molecule has 2 atom stereocenters. The smallest absolute Gasteiger partial charge is 0.224 e. The first-order valence-corrected chi connectivity index (χ1v) is 8.07. The highest BCUT2D eigenvalue weighted by atomic mass is 16.5. The van der Waals surface area contributed by atoms with Crippen molar-refractivity contribution in [1.82, 2.24) is 4.90 Å². The van der Waals surface area contributed by atoms with Crippen molar-refractivity contribution in [3.63, 3.8) is 0 Å². The molecule has 0 fully saturated rings. The van der Waals surface area contributed by atoms with E-state index in [9.17, 15) is 20.1 Å². The Morgan fingerprint density at radius 3 is 2.36 bits per heavy atom. The van der Waals surface area contributed by atoms with Gasteiger partial charge in [-0.05, 0) is 43.3 Å². The van der Waals surface area contributed by atoms with Crippen LogP contribution in [0.25, 0.3) is 0 Å². The molecule has 0 radical (unpaired) electrons. The number of hydrogen-bond donors (Lipinski definition) is 3. The SMILES string of the molecule is CCC(=O)N(C)[C@H]1Oc2ccc(O)cc2[C@]1(C)c1cc(O)ccc1O. The maximum Gasteiger partial charge on any atom is 0.224 e. The van der Waals surface area contributed by atoms with Gasteiger partial charge in [-0.2, -0.15) is 0 Å². The average Bonchev–Trinajstić information content (AvgIpc) is 2.89. The highest BCUT2D eigenvalue weighted by molar-refractivity contribution is 5.76. The van der Waals surface area contributed by atoms with Crippen molar-refractivity contribution in [1.29, 1.82) is 0 Å². The third-order valence-electron chi connectivity index (χ3n) is 4.84. The maximum atomic E-state index is 12.3. The minimum atomic E-state index is -0.976. The van der Waals surface area contributed by atoms with Crippen LogP contribution < -0.4 is 4.74 Å². The molecule has 1 amide bonds. The monoisotopic (exact) mass is 343 g/mol. The van der Waals surface area contributed by atoms with Crippen molar-refractivity contribution >= 4 is 5.91 Å². The number of amides is 1. The zero-order valence-electron chi connectivity index (χ0n) is 14.4. The second kappa shape index (κ2) is 5.88. The van der Waals surface area contributed by atoms with E-state index in [4.69, 9.17) is 4.74 Å². The van der Waals surface area contributed by atoms with E-state index in [-0.39, 0.29) is 23.2 Å². The molecule has 0 saturated heterocycles. The van der Waals surface area contributed by atoms with Crippen molar-refractivity contribution in [3.8, 4) is 23.0 Å². The summed E-state index contributed by atoms with van der Waals surface area (Å²) in [5.41, 5.74) is 0.0722. The zero-order chi connectivity index (χ0) is 18.4. The molecule has 3 N–H and O–H groups in total. The van der Waals surface area contributed by atoms with Gasteiger partial charge in [0.1, 0.15) is 23.0 Å². The highest BCUT2D eigenvalue weighted by Crippen LogP contribution is 2.51. The second-order valence-corrected chi connectivity index (χ2v) is 6.41. The van der Waals surface area contributed by atoms with Crippen LogP contribution in [-0.4, -0.2) is 39.4 Å². The van der Waals surface area contributed by atoms with Crippen LogP contribution in [0.5, 0.6) is 23.0 Å². The first kappa shape index (κ1) is 17.0. The van der Waals surface area contributed by atoms with Gasteiger partial charge in [-0.15, -0.1) is 0 Å². The average molecular weight is 343 g/mol.